The van der Waals surface area contributed by atoms with Gasteiger partial charge in [-0.25, -0.2) is 4.79 Å². The molecule has 0 bridgehead atoms. The number of amides is 2. The highest BCUT2D eigenvalue weighted by atomic mass is 16.6. The zero-order chi connectivity index (χ0) is 23.6. The molecule has 0 unspecified atom stereocenters. The largest absolute Gasteiger partial charge is 0.444 e. The lowest BCUT2D eigenvalue weighted by Gasteiger charge is -2.38. The number of piperidine rings is 1. The molecule has 1 aromatic heterocycles. The quantitative estimate of drug-likeness (QED) is 0.757. The Morgan fingerprint density at radius 2 is 1.67 bits per heavy atom. The Morgan fingerprint density at radius 3 is 2.24 bits per heavy atom. The van der Waals surface area contributed by atoms with Crippen molar-refractivity contribution in [1.82, 2.24) is 15.1 Å². The number of carbonyl (C=O) groups is 2. The molecular weight excluding hydrogens is 418 g/mol. The van der Waals surface area contributed by atoms with Gasteiger partial charge < -0.3 is 19.9 Å². The van der Waals surface area contributed by atoms with E-state index in [9.17, 15) is 9.59 Å². The van der Waals surface area contributed by atoms with Crippen molar-refractivity contribution in [2.75, 3.05) is 36.4 Å². The molecule has 176 valence electrons. The Labute approximate surface area is 195 Å². The van der Waals surface area contributed by atoms with E-state index in [0.717, 1.165) is 30.0 Å². The smallest absolute Gasteiger partial charge is 0.410 e. The Bertz CT molecular complexity index is 971. The predicted octanol–water partition coefficient (Wildman–Crippen LogP) is 3.97. The third-order valence-electron chi connectivity index (χ3n) is 6.16. The molecule has 2 aromatic rings. The van der Waals surface area contributed by atoms with Crippen molar-refractivity contribution in [3.05, 3.63) is 47.7 Å². The van der Waals surface area contributed by atoms with Crippen molar-refractivity contribution in [2.45, 2.75) is 52.1 Å². The van der Waals surface area contributed by atoms with E-state index in [4.69, 9.17) is 4.74 Å². The molecule has 2 aliphatic heterocycles. The molecule has 33 heavy (non-hydrogen) atoms. The van der Waals surface area contributed by atoms with Crippen LogP contribution in [0.4, 0.5) is 16.3 Å². The number of hydrogen-bond acceptors (Lipinski definition) is 6. The van der Waals surface area contributed by atoms with Gasteiger partial charge in [-0.05, 0) is 76.3 Å². The van der Waals surface area contributed by atoms with E-state index in [1.807, 2.05) is 52.0 Å². The van der Waals surface area contributed by atoms with E-state index >= 15 is 0 Å². The van der Waals surface area contributed by atoms with Crippen LogP contribution in [0.5, 0.6) is 0 Å². The Kier molecular flexibility index (Phi) is 6.54. The highest BCUT2D eigenvalue weighted by Crippen LogP contribution is 2.30. The summed E-state index contributed by atoms with van der Waals surface area (Å²) in [6, 6.07) is 12.0. The topological polar surface area (TPSA) is 87.7 Å². The van der Waals surface area contributed by atoms with Crippen LogP contribution in [0.25, 0.3) is 0 Å². The van der Waals surface area contributed by atoms with E-state index in [0.29, 0.717) is 32.1 Å². The molecule has 4 rings (SSSR count). The molecule has 2 saturated heterocycles. The Hall–Kier alpha value is -3.16. The number of nitrogens with one attached hydrogen (secondary N) is 1. The van der Waals surface area contributed by atoms with Gasteiger partial charge in [-0.1, -0.05) is 12.1 Å². The molecule has 8 heteroatoms. The first-order chi connectivity index (χ1) is 15.7. The molecular formula is C25H33N5O3. The lowest BCUT2D eigenvalue weighted by atomic mass is 9.89. The van der Waals surface area contributed by atoms with E-state index in [2.05, 4.69) is 32.5 Å². The molecule has 2 amide bonds. The lowest BCUT2D eigenvalue weighted by molar-refractivity contribution is -0.120. The minimum atomic E-state index is -0.471. The number of aryl methyl sites for hydroxylation is 1. The number of hydrogen-bond donors (Lipinski definition) is 1. The fraction of sp³-hybridized carbons (Fsp3) is 0.520. The Morgan fingerprint density at radius 1 is 1.00 bits per heavy atom. The van der Waals surface area contributed by atoms with Gasteiger partial charge in [-0.2, -0.15) is 5.10 Å². The molecule has 2 aliphatic rings. The summed E-state index contributed by atoms with van der Waals surface area (Å²) >= 11 is 0. The van der Waals surface area contributed by atoms with Crippen LogP contribution in [0, 0.1) is 12.8 Å². The number of anilines is 2. The number of carbonyl (C=O) groups excluding carboxylic acids is 2. The fourth-order valence-corrected chi connectivity index (χ4v) is 4.20. The second kappa shape index (κ2) is 9.37. The van der Waals surface area contributed by atoms with E-state index < -0.39 is 5.60 Å². The van der Waals surface area contributed by atoms with E-state index in [1.54, 1.807) is 4.90 Å². The van der Waals surface area contributed by atoms with E-state index in [1.165, 1.54) is 5.56 Å². The van der Waals surface area contributed by atoms with Gasteiger partial charge in [-0.15, -0.1) is 5.10 Å². The number of rotatable bonds is 4. The number of nitrogens with zero attached hydrogens (tertiary/aromatic N) is 4. The highest BCUT2D eigenvalue weighted by Gasteiger charge is 2.34. The zero-order valence-corrected chi connectivity index (χ0v) is 19.9. The third kappa shape index (κ3) is 5.80. The SMILES string of the molecule is Cc1ccc(N2CC(C(=O)Nc3ccc(C4CCN(C(=O)OC(C)(C)C)CC4)cc3)C2)nn1. The standard InChI is InChI=1S/C25H33N5O3/c1-17-5-10-22(28-27-17)30-15-20(16-30)23(31)26-21-8-6-18(7-9-21)19-11-13-29(14-12-19)24(32)33-25(2,3)4/h5-10,19-20H,11-16H2,1-4H3,(H,26,31). The number of ether oxygens (including phenoxy) is 1. The summed E-state index contributed by atoms with van der Waals surface area (Å²) in [5, 5.41) is 11.3. The van der Waals surface area contributed by atoms with Gasteiger partial charge in [0.15, 0.2) is 5.82 Å². The summed E-state index contributed by atoms with van der Waals surface area (Å²) in [7, 11) is 0. The second-order valence-electron chi connectivity index (χ2n) is 9.99. The highest BCUT2D eigenvalue weighted by molar-refractivity contribution is 5.94. The predicted molar refractivity (Wildman–Crippen MR) is 127 cm³/mol. The normalized spacial score (nSPS) is 17.5. The van der Waals surface area contributed by atoms with Gasteiger partial charge in [0.25, 0.3) is 0 Å². The molecule has 0 spiro atoms. The molecule has 0 atom stereocenters. The van der Waals surface area contributed by atoms with Crippen LogP contribution in [0.15, 0.2) is 36.4 Å². The van der Waals surface area contributed by atoms with Crippen molar-refractivity contribution in [3.63, 3.8) is 0 Å². The zero-order valence-electron chi connectivity index (χ0n) is 19.9. The number of aromatic nitrogens is 2. The fourth-order valence-electron chi connectivity index (χ4n) is 4.20. The van der Waals surface area contributed by atoms with Crippen molar-refractivity contribution in [1.29, 1.82) is 0 Å². The van der Waals surface area contributed by atoms with Crippen molar-refractivity contribution >= 4 is 23.5 Å². The first-order valence-electron chi connectivity index (χ1n) is 11.6. The summed E-state index contributed by atoms with van der Waals surface area (Å²) in [6.45, 7) is 10.3. The molecule has 1 N–H and O–H groups in total. The first kappa shape index (κ1) is 23.0. The monoisotopic (exact) mass is 451 g/mol. The molecule has 0 aliphatic carbocycles. The van der Waals surface area contributed by atoms with Gasteiger partial charge >= 0.3 is 6.09 Å². The molecule has 8 nitrogen and oxygen atoms in total. The van der Waals surface area contributed by atoms with Gasteiger partial charge in [0, 0.05) is 31.9 Å². The van der Waals surface area contributed by atoms with Crippen LogP contribution in [-0.2, 0) is 9.53 Å². The summed E-state index contributed by atoms with van der Waals surface area (Å²) < 4.78 is 5.48. The maximum Gasteiger partial charge on any atom is 0.410 e. The van der Waals surface area contributed by atoms with E-state index in [-0.39, 0.29) is 17.9 Å². The molecule has 0 saturated carbocycles. The van der Waals surface area contributed by atoms with Crippen molar-refractivity contribution in [3.8, 4) is 0 Å². The second-order valence-corrected chi connectivity index (χ2v) is 9.99. The summed E-state index contributed by atoms with van der Waals surface area (Å²) in [4.78, 5) is 28.7. The molecule has 2 fully saturated rings. The van der Waals surface area contributed by atoms with Crippen LogP contribution in [0.3, 0.4) is 0 Å². The maximum atomic E-state index is 12.6. The van der Waals surface area contributed by atoms with Crippen LogP contribution < -0.4 is 10.2 Å². The minimum absolute atomic E-state index is 0.0322. The maximum absolute atomic E-state index is 12.6. The summed E-state index contributed by atoms with van der Waals surface area (Å²) in [5.41, 5.74) is 2.46. The number of benzene rings is 1. The van der Waals surface area contributed by atoms with Gasteiger partial charge in [0.05, 0.1) is 11.6 Å². The first-order valence-corrected chi connectivity index (χ1v) is 11.6. The average molecular weight is 452 g/mol. The van der Waals surface area contributed by atoms with Gasteiger partial charge in [0.1, 0.15) is 5.60 Å². The lowest BCUT2D eigenvalue weighted by Crippen LogP contribution is -2.52. The van der Waals surface area contributed by atoms with Gasteiger partial charge in [-0.3, -0.25) is 4.79 Å². The van der Waals surface area contributed by atoms with Crippen molar-refractivity contribution < 1.29 is 14.3 Å². The number of likely N-dealkylation sites (tertiary alicyclic amines) is 1. The summed E-state index contributed by atoms with van der Waals surface area (Å²) in [5.74, 6) is 1.20. The Balaban J connectivity index is 1.23. The molecule has 1 aromatic carbocycles. The van der Waals surface area contributed by atoms with Gasteiger partial charge in [0.2, 0.25) is 5.91 Å². The molecule has 0 radical (unpaired) electrons. The van der Waals surface area contributed by atoms with Crippen LogP contribution >= 0.6 is 0 Å². The third-order valence-corrected chi connectivity index (χ3v) is 6.16. The minimum Gasteiger partial charge on any atom is -0.444 e. The van der Waals surface area contributed by atoms with Crippen molar-refractivity contribution in [2.24, 2.45) is 5.92 Å². The molecule has 3 heterocycles. The average Bonchev–Trinajstić information content (AvgIpc) is 2.73. The summed E-state index contributed by atoms with van der Waals surface area (Å²) in [6.07, 6.45) is 1.58. The van der Waals surface area contributed by atoms with Crippen LogP contribution in [0.1, 0.15) is 50.8 Å². The van der Waals surface area contributed by atoms with Crippen LogP contribution in [-0.4, -0.2) is 58.9 Å². The van der Waals surface area contributed by atoms with Crippen LogP contribution in [0.2, 0.25) is 0 Å².